The zero-order valence-electron chi connectivity index (χ0n) is 25.9. The number of piperidine rings is 1. The second kappa shape index (κ2) is 11.8. The molecule has 14 heteroatoms. The molecule has 10 nitrogen and oxygen atoms in total. The second-order valence-corrected chi connectivity index (χ2v) is 13.7. The number of alkyl halides is 3. The molecule has 2 saturated carbocycles. The molecule has 0 bridgehead atoms. The Morgan fingerprint density at radius 1 is 1.22 bits per heavy atom. The summed E-state index contributed by atoms with van der Waals surface area (Å²) >= 11 is 6.38. The van der Waals surface area contributed by atoms with Crippen molar-refractivity contribution in [3.8, 4) is 6.07 Å². The zero-order chi connectivity index (χ0) is 33.1. The summed E-state index contributed by atoms with van der Waals surface area (Å²) in [5.74, 6) is -3.97. The van der Waals surface area contributed by atoms with Crippen LogP contribution in [0, 0.1) is 28.6 Å². The molecule has 3 fully saturated rings. The average Bonchev–Trinajstić information content (AvgIpc) is 3.65. The van der Waals surface area contributed by atoms with Crippen LogP contribution in [0.25, 0.3) is 10.9 Å². The highest BCUT2D eigenvalue weighted by Gasteiger charge is 2.70. The van der Waals surface area contributed by atoms with Crippen molar-refractivity contribution in [3.63, 3.8) is 0 Å². The van der Waals surface area contributed by atoms with E-state index in [-0.39, 0.29) is 30.2 Å². The van der Waals surface area contributed by atoms with Crippen LogP contribution in [0.1, 0.15) is 59.4 Å². The highest BCUT2D eigenvalue weighted by atomic mass is 35.5. The van der Waals surface area contributed by atoms with Crippen LogP contribution in [0.3, 0.4) is 0 Å². The quantitative estimate of drug-likeness (QED) is 0.376. The predicted molar refractivity (Wildman–Crippen MR) is 159 cm³/mol. The van der Waals surface area contributed by atoms with Crippen LogP contribution >= 0.6 is 11.6 Å². The number of carbonyl (C=O) groups is 3. The first-order chi connectivity index (χ1) is 21.0. The number of fused-ring (bicyclic) bond motifs is 2. The van der Waals surface area contributed by atoms with Crippen LogP contribution < -0.4 is 10.6 Å². The van der Waals surface area contributed by atoms with Crippen molar-refractivity contribution < 1.29 is 32.3 Å². The van der Waals surface area contributed by atoms with E-state index in [4.69, 9.17) is 16.3 Å². The van der Waals surface area contributed by atoms with Crippen LogP contribution in [0.2, 0.25) is 5.02 Å². The Hall–Kier alpha value is -3.37. The number of ether oxygens (including phenoxy) is 1. The third-order valence-electron chi connectivity index (χ3n) is 9.79. The highest BCUT2D eigenvalue weighted by Crippen LogP contribution is 2.65. The number of likely N-dealkylation sites (tertiary alicyclic amines) is 1. The van der Waals surface area contributed by atoms with Gasteiger partial charge in [0.1, 0.15) is 18.1 Å². The maximum atomic E-state index is 13.9. The van der Waals surface area contributed by atoms with E-state index >= 15 is 0 Å². The molecule has 2 N–H and O–H groups in total. The molecule has 5 rings (SSSR count). The third-order valence-corrected chi connectivity index (χ3v) is 10.1. The summed E-state index contributed by atoms with van der Waals surface area (Å²) in [5, 5.41) is 15.9. The van der Waals surface area contributed by atoms with Crippen molar-refractivity contribution in [3.05, 3.63) is 29.2 Å². The van der Waals surface area contributed by atoms with Gasteiger partial charge >= 0.3 is 12.1 Å². The normalized spacial score (nSPS) is 24.7. The lowest BCUT2D eigenvalue weighted by molar-refractivity contribution is -0.177. The standard InChI is InChI=1S/C31H38ClF3N6O4/c1-6-40-15-21(32)19-13-37-12-17(24(19)40)7-8-18(11-36)38-26(42)25-22-20(29(22,3)4)14-41(25)27(43)23(39-28(44)31(33,34)35)16(2)45-30(5)9-10-30/h12-13,15-16,18,20,22-23,25H,6-10,14H2,1-5H3,(H,38,42)(H,39,44)/t16-,18?,20+,22+,23+,25+/m1/s1. The van der Waals surface area contributed by atoms with E-state index in [1.807, 2.05) is 36.9 Å². The van der Waals surface area contributed by atoms with Crippen molar-refractivity contribution in [2.75, 3.05) is 6.54 Å². The number of hydrogen-bond donors (Lipinski definition) is 2. The fourth-order valence-corrected chi connectivity index (χ4v) is 7.10. The number of aryl methyl sites for hydroxylation is 2. The van der Waals surface area contributed by atoms with Gasteiger partial charge in [-0.15, -0.1) is 0 Å². The molecule has 3 amide bonds. The Balaban J connectivity index is 1.34. The fourth-order valence-electron chi connectivity index (χ4n) is 6.85. The van der Waals surface area contributed by atoms with E-state index in [0.29, 0.717) is 30.8 Å². The minimum absolute atomic E-state index is 0.0656. The number of aromatic nitrogens is 2. The Morgan fingerprint density at radius 2 is 1.91 bits per heavy atom. The summed E-state index contributed by atoms with van der Waals surface area (Å²) in [6, 6.07) is -1.47. The summed E-state index contributed by atoms with van der Waals surface area (Å²) in [6.45, 7) is 9.96. The SMILES string of the molecule is CCn1cc(Cl)c2cncc(CCC(C#N)NC(=O)[C@@H]3[C@@H]4[C@H](CN3C(=O)[C@@H](NC(=O)C(F)(F)F)[C@@H](C)OC3(C)CC3)C4(C)C)c21. The Bertz CT molecular complexity index is 1550. The van der Waals surface area contributed by atoms with E-state index in [2.05, 4.69) is 16.4 Å². The maximum absolute atomic E-state index is 13.9. The van der Waals surface area contributed by atoms with Gasteiger partial charge in [0.05, 0.1) is 28.3 Å². The first-order valence-electron chi connectivity index (χ1n) is 15.2. The lowest BCUT2D eigenvalue weighted by atomic mass is 9.98. The maximum Gasteiger partial charge on any atom is 0.471 e. The number of carbonyl (C=O) groups excluding carboxylic acids is 3. The van der Waals surface area contributed by atoms with Gasteiger partial charge in [0.15, 0.2) is 0 Å². The molecule has 2 aromatic rings. The number of rotatable bonds is 11. The number of nitrogens with zero attached hydrogens (tertiary/aromatic N) is 4. The molecular weight excluding hydrogens is 613 g/mol. The minimum atomic E-state index is -5.21. The molecule has 45 heavy (non-hydrogen) atoms. The molecule has 3 heterocycles. The van der Waals surface area contributed by atoms with Crippen molar-refractivity contribution in [2.24, 2.45) is 17.3 Å². The van der Waals surface area contributed by atoms with Gasteiger partial charge in [-0.05, 0) is 69.3 Å². The Morgan fingerprint density at radius 3 is 2.51 bits per heavy atom. The summed E-state index contributed by atoms with van der Waals surface area (Å²) < 4.78 is 47.7. The van der Waals surface area contributed by atoms with Crippen LogP contribution in [-0.2, 0) is 32.1 Å². The molecule has 2 aromatic heterocycles. The van der Waals surface area contributed by atoms with Crippen LogP contribution in [0.15, 0.2) is 18.6 Å². The van der Waals surface area contributed by atoms with Gasteiger partial charge in [-0.2, -0.15) is 18.4 Å². The van der Waals surface area contributed by atoms with E-state index in [0.717, 1.165) is 16.5 Å². The molecule has 244 valence electrons. The first kappa shape index (κ1) is 33.0. The van der Waals surface area contributed by atoms with Crippen molar-refractivity contribution in [1.82, 2.24) is 25.1 Å². The number of hydrogen-bond acceptors (Lipinski definition) is 6. The number of halogens is 4. The van der Waals surface area contributed by atoms with Crippen molar-refractivity contribution >= 4 is 40.2 Å². The fraction of sp³-hybridized carbons (Fsp3) is 0.645. The lowest BCUT2D eigenvalue weighted by Gasteiger charge is -2.35. The van der Waals surface area contributed by atoms with Crippen LogP contribution in [0.4, 0.5) is 13.2 Å². The van der Waals surface area contributed by atoms with Crippen molar-refractivity contribution in [2.45, 2.75) is 103 Å². The zero-order valence-corrected chi connectivity index (χ0v) is 26.6. The van der Waals surface area contributed by atoms with E-state index in [1.54, 1.807) is 19.3 Å². The number of nitrogens with one attached hydrogen (secondary N) is 2. The van der Waals surface area contributed by atoms with E-state index < -0.39 is 53.7 Å². The summed E-state index contributed by atoms with van der Waals surface area (Å²) in [5.41, 5.74) is 0.885. The van der Waals surface area contributed by atoms with Crippen molar-refractivity contribution in [1.29, 1.82) is 5.26 Å². The van der Waals surface area contributed by atoms with Gasteiger partial charge in [-0.3, -0.25) is 19.4 Å². The lowest BCUT2D eigenvalue weighted by Crippen LogP contribution is -2.61. The average molecular weight is 651 g/mol. The molecule has 0 spiro atoms. The molecule has 0 radical (unpaired) electrons. The van der Waals surface area contributed by atoms with Crippen LogP contribution in [0.5, 0.6) is 0 Å². The summed E-state index contributed by atoms with van der Waals surface area (Å²) in [6.07, 6.45) is 0.928. The predicted octanol–water partition coefficient (Wildman–Crippen LogP) is 4.14. The molecule has 2 aliphatic carbocycles. The number of nitriles is 1. The Labute approximate surface area is 264 Å². The number of pyridine rings is 1. The molecule has 1 saturated heterocycles. The van der Waals surface area contributed by atoms with Crippen LogP contribution in [-0.4, -0.2) is 74.7 Å². The molecule has 3 aliphatic rings. The Kier molecular flexibility index (Phi) is 8.63. The minimum Gasteiger partial charge on any atom is -0.370 e. The summed E-state index contributed by atoms with van der Waals surface area (Å²) in [4.78, 5) is 45.2. The number of amides is 3. The molecule has 0 aromatic carbocycles. The molecule has 1 aliphatic heterocycles. The van der Waals surface area contributed by atoms with E-state index in [9.17, 15) is 32.8 Å². The topological polar surface area (TPSA) is 129 Å². The smallest absolute Gasteiger partial charge is 0.370 e. The summed E-state index contributed by atoms with van der Waals surface area (Å²) in [7, 11) is 0. The van der Waals surface area contributed by atoms with Gasteiger partial charge in [0, 0.05) is 37.1 Å². The first-order valence-corrected chi connectivity index (χ1v) is 15.6. The van der Waals surface area contributed by atoms with Gasteiger partial charge in [0.25, 0.3) is 0 Å². The molecule has 1 unspecified atom stereocenters. The van der Waals surface area contributed by atoms with E-state index in [1.165, 1.54) is 11.8 Å². The van der Waals surface area contributed by atoms with Gasteiger partial charge in [-0.1, -0.05) is 25.4 Å². The highest BCUT2D eigenvalue weighted by molar-refractivity contribution is 6.35. The van der Waals surface area contributed by atoms with Gasteiger partial charge < -0.3 is 24.8 Å². The molecule has 6 atom stereocenters. The monoisotopic (exact) mass is 650 g/mol. The van der Waals surface area contributed by atoms with Gasteiger partial charge in [0.2, 0.25) is 11.8 Å². The second-order valence-electron chi connectivity index (χ2n) is 13.3. The molecular formula is C31H38ClF3N6O4. The third kappa shape index (κ3) is 6.36. The largest absolute Gasteiger partial charge is 0.471 e. The van der Waals surface area contributed by atoms with Gasteiger partial charge in [-0.25, -0.2) is 0 Å².